The van der Waals surface area contributed by atoms with Gasteiger partial charge in [-0.2, -0.15) is 10.2 Å². The SMILES string of the molecule is CCOC(Cn1nc(-c2cnn(Cc3ccc(OC)cc3)c2)cc1Nc1cc([N+](=O)[O-])ccc1C)OCC. The van der Waals surface area contributed by atoms with Gasteiger partial charge in [0.25, 0.3) is 5.69 Å². The summed E-state index contributed by atoms with van der Waals surface area (Å²) in [7, 11) is 1.64. The maximum Gasteiger partial charge on any atom is 0.271 e. The van der Waals surface area contributed by atoms with Gasteiger partial charge in [0.2, 0.25) is 0 Å². The molecule has 4 aromatic rings. The molecular formula is C27H32N6O5. The Hall–Kier alpha value is -4.22. The van der Waals surface area contributed by atoms with Gasteiger partial charge in [-0.1, -0.05) is 18.2 Å². The minimum atomic E-state index is -0.498. The number of nitro groups is 1. The lowest BCUT2D eigenvalue weighted by atomic mass is 10.2. The van der Waals surface area contributed by atoms with E-state index in [4.69, 9.17) is 19.3 Å². The molecular weight excluding hydrogens is 488 g/mol. The molecule has 4 rings (SSSR count). The molecule has 0 saturated carbocycles. The van der Waals surface area contributed by atoms with E-state index in [1.807, 2.05) is 62.0 Å². The van der Waals surface area contributed by atoms with Gasteiger partial charge in [0.15, 0.2) is 6.29 Å². The molecule has 0 unspecified atom stereocenters. The predicted molar refractivity (Wildman–Crippen MR) is 144 cm³/mol. The van der Waals surface area contributed by atoms with Crippen molar-refractivity contribution in [2.75, 3.05) is 25.6 Å². The fraction of sp³-hybridized carbons (Fsp3) is 0.333. The first-order valence-electron chi connectivity index (χ1n) is 12.4. The van der Waals surface area contributed by atoms with Crippen molar-refractivity contribution in [1.82, 2.24) is 19.6 Å². The smallest absolute Gasteiger partial charge is 0.271 e. The minimum absolute atomic E-state index is 0.00528. The van der Waals surface area contributed by atoms with E-state index in [0.717, 1.165) is 22.4 Å². The predicted octanol–water partition coefficient (Wildman–Crippen LogP) is 5.16. The number of methoxy groups -OCH3 is 1. The number of nitrogens with one attached hydrogen (secondary N) is 1. The van der Waals surface area contributed by atoms with Crippen molar-refractivity contribution in [2.45, 2.75) is 40.2 Å². The number of aromatic nitrogens is 4. The highest BCUT2D eigenvalue weighted by Crippen LogP contribution is 2.29. The lowest BCUT2D eigenvalue weighted by Crippen LogP contribution is -2.25. The Morgan fingerprint density at radius 1 is 1.08 bits per heavy atom. The molecule has 0 aliphatic rings. The van der Waals surface area contributed by atoms with E-state index in [1.165, 1.54) is 12.1 Å². The summed E-state index contributed by atoms with van der Waals surface area (Å²) in [5, 5.41) is 24.0. The van der Waals surface area contributed by atoms with Crippen molar-refractivity contribution < 1.29 is 19.1 Å². The van der Waals surface area contributed by atoms with Gasteiger partial charge >= 0.3 is 0 Å². The second-order valence-electron chi connectivity index (χ2n) is 8.59. The Labute approximate surface area is 221 Å². The quantitative estimate of drug-likeness (QED) is 0.146. The first kappa shape index (κ1) is 26.8. The third-order valence-corrected chi connectivity index (χ3v) is 5.93. The van der Waals surface area contributed by atoms with Crippen LogP contribution in [0.1, 0.15) is 25.0 Å². The van der Waals surface area contributed by atoms with Crippen molar-refractivity contribution >= 4 is 17.2 Å². The summed E-state index contributed by atoms with van der Waals surface area (Å²) < 4.78 is 20.3. The Morgan fingerprint density at radius 2 is 1.82 bits per heavy atom. The maximum atomic E-state index is 11.3. The Kier molecular flexibility index (Phi) is 8.72. The highest BCUT2D eigenvalue weighted by atomic mass is 16.7. The second kappa shape index (κ2) is 12.3. The van der Waals surface area contributed by atoms with E-state index < -0.39 is 11.2 Å². The molecule has 200 valence electrons. The fourth-order valence-electron chi connectivity index (χ4n) is 3.96. The van der Waals surface area contributed by atoms with Gasteiger partial charge in [0, 0.05) is 48.9 Å². The molecule has 2 aromatic heterocycles. The average molecular weight is 521 g/mol. The lowest BCUT2D eigenvalue weighted by Gasteiger charge is -2.19. The van der Waals surface area contributed by atoms with E-state index in [-0.39, 0.29) is 5.69 Å². The van der Waals surface area contributed by atoms with Crippen LogP contribution in [0.3, 0.4) is 0 Å². The van der Waals surface area contributed by atoms with E-state index in [2.05, 4.69) is 10.4 Å². The van der Waals surface area contributed by atoms with E-state index in [9.17, 15) is 10.1 Å². The molecule has 0 atom stereocenters. The normalized spacial score (nSPS) is 11.2. The number of ether oxygens (including phenoxy) is 3. The molecule has 11 heteroatoms. The van der Waals surface area contributed by atoms with E-state index >= 15 is 0 Å². The highest BCUT2D eigenvalue weighted by Gasteiger charge is 2.18. The van der Waals surface area contributed by atoms with Crippen LogP contribution in [-0.4, -0.2) is 51.1 Å². The molecule has 0 fully saturated rings. The molecule has 2 heterocycles. The highest BCUT2D eigenvalue weighted by molar-refractivity contribution is 5.68. The topological polar surface area (TPSA) is 119 Å². The van der Waals surface area contributed by atoms with Gasteiger partial charge in [-0.25, -0.2) is 4.68 Å². The number of aryl methyl sites for hydroxylation is 1. The van der Waals surface area contributed by atoms with Gasteiger partial charge in [0.05, 0.1) is 37.0 Å². The summed E-state index contributed by atoms with van der Waals surface area (Å²) in [4.78, 5) is 10.9. The minimum Gasteiger partial charge on any atom is -0.497 e. The first-order valence-corrected chi connectivity index (χ1v) is 12.4. The van der Waals surface area contributed by atoms with Gasteiger partial charge in [-0.05, 0) is 44.0 Å². The fourth-order valence-corrected chi connectivity index (χ4v) is 3.96. The van der Waals surface area contributed by atoms with E-state index in [1.54, 1.807) is 24.1 Å². The van der Waals surface area contributed by atoms with E-state index in [0.29, 0.717) is 43.5 Å². The molecule has 0 radical (unpaired) electrons. The molecule has 38 heavy (non-hydrogen) atoms. The standard InChI is InChI=1S/C27H32N6O5/c1-5-37-27(38-6-2)18-32-26(29-24-13-22(33(34)35)10-7-19(24)3)14-25(30-32)21-15-28-31(17-21)16-20-8-11-23(36-4)12-9-20/h7-15,17,27,29H,5-6,16,18H2,1-4H3. The third-order valence-electron chi connectivity index (χ3n) is 5.93. The molecule has 1 N–H and O–H groups in total. The third kappa shape index (κ3) is 6.55. The van der Waals surface area contributed by atoms with Crippen LogP contribution in [0.4, 0.5) is 17.2 Å². The largest absolute Gasteiger partial charge is 0.497 e. The van der Waals surface area contributed by atoms with Crippen LogP contribution in [0, 0.1) is 17.0 Å². The van der Waals surface area contributed by atoms with Crippen LogP contribution in [0.15, 0.2) is 60.9 Å². The zero-order valence-electron chi connectivity index (χ0n) is 22.0. The van der Waals surface area contributed by atoms with Crippen molar-refractivity contribution in [3.63, 3.8) is 0 Å². The Bertz CT molecular complexity index is 1360. The van der Waals surface area contributed by atoms with Crippen molar-refractivity contribution in [2.24, 2.45) is 0 Å². The van der Waals surface area contributed by atoms with Crippen LogP contribution in [0.5, 0.6) is 5.75 Å². The molecule has 0 aliphatic heterocycles. The number of nitrogens with zero attached hydrogens (tertiary/aromatic N) is 5. The zero-order valence-corrected chi connectivity index (χ0v) is 22.0. The van der Waals surface area contributed by atoms with Gasteiger partial charge < -0.3 is 19.5 Å². The number of rotatable bonds is 13. The Morgan fingerprint density at radius 3 is 2.47 bits per heavy atom. The van der Waals surface area contributed by atoms with Gasteiger partial charge in [0.1, 0.15) is 11.6 Å². The molecule has 11 nitrogen and oxygen atoms in total. The van der Waals surface area contributed by atoms with Crippen LogP contribution < -0.4 is 10.1 Å². The molecule has 0 aliphatic carbocycles. The summed E-state index contributed by atoms with van der Waals surface area (Å²) in [6.45, 7) is 7.61. The number of benzene rings is 2. The number of hydrogen-bond acceptors (Lipinski definition) is 8. The molecule has 2 aromatic carbocycles. The molecule has 0 saturated heterocycles. The van der Waals surface area contributed by atoms with Crippen LogP contribution in [0.2, 0.25) is 0 Å². The lowest BCUT2D eigenvalue weighted by molar-refractivity contribution is -0.384. The second-order valence-corrected chi connectivity index (χ2v) is 8.59. The zero-order chi connectivity index (χ0) is 27.1. The number of hydrogen-bond donors (Lipinski definition) is 1. The molecule has 0 amide bonds. The van der Waals surface area contributed by atoms with Gasteiger partial charge in [-0.3, -0.25) is 14.8 Å². The Balaban J connectivity index is 1.63. The number of nitro benzene ring substituents is 1. The molecule has 0 bridgehead atoms. The van der Waals surface area contributed by atoms with Gasteiger partial charge in [-0.15, -0.1) is 0 Å². The average Bonchev–Trinajstić information content (AvgIpc) is 3.53. The summed E-state index contributed by atoms with van der Waals surface area (Å²) in [6, 6.07) is 14.4. The summed E-state index contributed by atoms with van der Waals surface area (Å²) in [5.41, 5.74) is 4.11. The molecule has 0 spiro atoms. The van der Waals surface area contributed by atoms with Crippen molar-refractivity contribution in [1.29, 1.82) is 0 Å². The van der Waals surface area contributed by atoms with Crippen molar-refractivity contribution in [3.05, 3.63) is 82.2 Å². The monoisotopic (exact) mass is 520 g/mol. The first-order chi connectivity index (χ1) is 18.4. The van der Waals surface area contributed by atoms with Crippen molar-refractivity contribution in [3.8, 4) is 17.0 Å². The summed E-state index contributed by atoms with van der Waals surface area (Å²) in [5.74, 6) is 1.45. The number of anilines is 2. The maximum absolute atomic E-state index is 11.3. The van der Waals surface area contributed by atoms with Crippen LogP contribution in [-0.2, 0) is 22.6 Å². The van der Waals surface area contributed by atoms with Crippen LogP contribution >= 0.6 is 0 Å². The van der Waals surface area contributed by atoms with Crippen LogP contribution in [0.25, 0.3) is 11.3 Å². The summed E-state index contributed by atoms with van der Waals surface area (Å²) in [6.07, 6.45) is 3.20. The number of non-ortho nitro benzene ring substituents is 1. The summed E-state index contributed by atoms with van der Waals surface area (Å²) >= 11 is 0.